The first-order chi connectivity index (χ1) is 41.3. The summed E-state index contributed by atoms with van der Waals surface area (Å²) < 4.78 is 0. The molecule has 10 heteroatoms. The topological polar surface area (TPSA) is 0 Å². The van der Waals surface area contributed by atoms with Crippen molar-refractivity contribution in [3.63, 3.8) is 0 Å². The summed E-state index contributed by atoms with van der Waals surface area (Å²) in [6.45, 7) is 46.6. The standard InChI is InChI=1S/4C19H21Si.2C2H6Si.2ClH.2Zr/c4*1-14-12-16-6-5-7-18(19(16)13-14)15-8-10-17(11-9-15)20(2,3)4;2*1-3-2;;;;/h4*5-13H,1-4H3;2*1-2H3;2*1H;;/q4*-1;;;;;2*+2/p-2. The van der Waals surface area contributed by atoms with E-state index in [4.69, 9.17) is 0 Å². The first-order valence-corrected chi connectivity index (χ1v) is 57.8. The summed E-state index contributed by atoms with van der Waals surface area (Å²) in [6.07, 6.45) is 0. The minimum absolute atomic E-state index is 0. The van der Waals surface area contributed by atoms with Crippen molar-refractivity contribution in [1.82, 2.24) is 0 Å². The molecule has 12 rings (SSSR count). The average molecular weight is 1480 g/mol. The smallest absolute Gasteiger partial charge is 0.0775 e. The van der Waals surface area contributed by atoms with Gasteiger partial charge in [0.25, 0.3) is 0 Å². The molecule has 0 saturated heterocycles. The predicted octanol–water partition coefficient (Wildman–Crippen LogP) is 15.9. The minimum atomic E-state index is -1.21. The maximum atomic E-state index is 2.39. The Bertz CT molecular complexity index is 3730. The third-order valence-corrected chi connectivity index (χ3v) is 24.1. The summed E-state index contributed by atoms with van der Waals surface area (Å²) >= 11 is 3.48. The molecule has 0 unspecified atom stereocenters. The normalized spacial score (nSPS) is 11.3. The fraction of sp³-hybridized carbons (Fsp3) is 0.250. The molecule has 0 atom stereocenters. The van der Waals surface area contributed by atoms with E-state index in [-0.39, 0.29) is 35.7 Å². The number of halogens is 2. The van der Waals surface area contributed by atoms with Gasteiger partial charge in [-0.15, -0.1) is 138 Å². The van der Waals surface area contributed by atoms with Crippen molar-refractivity contribution < 1.29 is 71.5 Å². The molecule has 0 amide bonds. The van der Waals surface area contributed by atoms with Gasteiger partial charge in [-0.25, -0.2) is 0 Å². The van der Waals surface area contributed by atoms with Crippen molar-refractivity contribution in [2.45, 2.75) is 132 Å². The van der Waals surface area contributed by atoms with E-state index in [0.717, 1.165) is 0 Å². The number of hydrogen-bond acceptors (Lipinski definition) is 0. The molecule has 0 fully saturated rings. The zero-order valence-electron chi connectivity index (χ0n) is 57.5. The maximum Gasteiger partial charge on any atom is 0.0775 e. The summed E-state index contributed by atoms with van der Waals surface area (Å²) in [6, 6.07) is 81.3. The second kappa shape index (κ2) is 33.3. The average Bonchev–Trinajstić information content (AvgIpc) is 3.44. The molecular weight excluding hydrogens is 1380 g/mol. The van der Waals surface area contributed by atoms with Crippen molar-refractivity contribution in [3.8, 4) is 44.5 Å². The SMILES string of the molecule is C[Si](C)=[Zr+2].C[Si](C)=[Zr+2].Cc1cc2c(-c3ccc([Si](C)(C)C)cc3)cccc2[cH-]1.Cc1cc2c(-c3ccc([Si](C)(C)C)cc3)cccc2[cH-]1.Cc1cc2c(-c3ccc([Si](C)(C)C)cc3)cccc2[cH-]1.Cc1cc2c(-c3ccc([Si](C)(C)C)cc3)cccc2[cH-]1.[Cl-].[Cl-]. The van der Waals surface area contributed by atoms with Crippen LogP contribution in [-0.2, 0) is 46.7 Å². The van der Waals surface area contributed by atoms with E-state index in [0.29, 0.717) is 0 Å². The molecule has 0 aliphatic rings. The van der Waals surface area contributed by atoms with Crippen molar-refractivity contribution in [1.29, 1.82) is 0 Å². The minimum Gasteiger partial charge on any atom is -1.00 e. The number of benzene rings is 8. The number of fused-ring (bicyclic) bond motifs is 4. The van der Waals surface area contributed by atoms with Crippen molar-refractivity contribution >= 4 is 107 Å². The first kappa shape index (κ1) is 76.6. The van der Waals surface area contributed by atoms with E-state index in [1.165, 1.54) is 131 Å². The van der Waals surface area contributed by atoms with Gasteiger partial charge >= 0.3 is 83.7 Å². The van der Waals surface area contributed by atoms with E-state index in [2.05, 4.69) is 351 Å². The Hall–Kier alpha value is -4.15. The van der Waals surface area contributed by atoms with Gasteiger partial charge < -0.3 is 24.8 Å². The Morgan fingerprint density at radius 3 is 0.567 bits per heavy atom. The molecule has 0 radical (unpaired) electrons. The van der Waals surface area contributed by atoms with Crippen LogP contribution in [0.2, 0.25) is 105 Å². The Labute approximate surface area is 589 Å². The van der Waals surface area contributed by atoms with Crippen LogP contribution in [0, 0.1) is 27.7 Å². The van der Waals surface area contributed by atoms with Gasteiger partial charge in [-0.1, -0.05) is 271 Å². The van der Waals surface area contributed by atoms with Gasteiger partial charge in [0.05, 0.1) is 32.3 Å². The summed E-state index contributed by atoms with van der Waals surface area (Å²) in [5.74, 6) is 0. The molecule has 12 aromatic carbocycles. The Morgan fingerprint density at radius 2 is 0.422 bits per heavy atom. The monoisotopic (exact) mass is 1470 g/mol. The molecule has 90 heavy (non-hydrogen) atoms. The second-order valence-electron chi connectivity index (χ2n) is 28.7. The first-order valence-electron chi connectivity index (χ1n) is 31.4. The van der Waals surface area contributed by atoms with Crippen molar-refractivity contribution in [2.75, 3.05) is 0 Å². The van der Waals surface area contributed by atoms with E-state index < -0.39 is 32.3 Å². The molecule has 464 valence electrons. The third-order valence-electron chi connectivity index (χ3n) is 15.8. The van der Waals surface area contributed by atoms with Crippen LogP contribution in [-0.4, -0.2) is 43.2 Å². The zero-order chi connectivity index (χ0) is 64.5. The van der Waals surface area contributed by atoms with Crippen LogP contribution in [0.4, 0.5) is 0 Å². The fourth-order valence-electron chi connectivity index (χ4n) is 11.1. The quantitative estimate of drug-likeness (QED) is 0.105. The molecule has 0 saturated carbocycles. The largest absolute Gasteiger partial charge is 1.00 e. The molecule has 0 aromatic heterocycles. The number of aryl methyl sites for hydroxylation is 4. The molecule has 0 heterocycles. The molecule has 0 aliphatic carbocycles. The van der Waals surface area contributed by atoms with E-state index in [9.17, 15) is 0 Å². The number of rotatable bonds is 8. The van der Waals surface area contributed by atoms with E-state index >= 15 is 0 Å². The molecule has 0 spiro atoms. The van der Waals surface area contributed by atoms with Gasteiger partial charge in [0.2, 0.25) is 0 Å². The summed E-state index contributed by atoms with van der Waals surface area (Å²) in [7, 11) is -4.83. The second-order valence-corrected chi connectivity index (χ2v) is 67.7. The summed E-state index contributed by atoms with van der Waals surface area (Å²) in [4.78, 5) is 0. The van der Waals surface area contributed by atoms with Gasteiger partial charge in [-0.05, 0) is 22.3 Å². The third kappa shape index (κ3) is 21.4. The Morgan fingerprint density at radius 1 is 0.267 bits per heavy atom. The molecule has 0 N–H and O–H groups in total. The van der Waals surface area contributed by atoms with Crippen molar-refractivity contribution in [3.05, 3.63) is 241 Å². The maximum absolute atomic E-state index is 2.39. The van der Waals surface area contributed by atoms with E-state index in [1.54, 1.807) is 46.7 Å². The van der Waals surface area contributed by atoms with E-state index in [1.807, 2.05) is 0 Å². The van der Waals surface area contributed by atoms with Gasteiger partial charge in [0.1, 0.15) is 0 Å². The zero-order valence-corrected chi connectivity index (χ0v) is 70.0. The van der Waals surface area contributed by atoms with Gasteiger partial charge in [-0.2, -0.15) is 24.3 Å². The van der Waals surface area contributed by atoms with Gasteiger partial charge in [0.15, 0.2) is 0 Å². The van der Waals surface area contributed by atoms with Crippen LogP contribution in [0.5, 0.6) is 0 Å². The molecule has 0 nitrogen and oxygen atoms in total. The van der Waals surface area contributed by atoms with Crippen LogP contribution >= 0.6 is 0 Å². The number of hydrogen-bond donors (Lipinski definition) is 0. The van der Waals surface area contributed by atoms with Crippen LogP contribution in [0.3, 0.4) is 0 Å². The molecule has 0 bridgehead atoms. The van der Waals surface area contributed by atoms with Gasteiger partial charge in [-0.3, -0.25) is 0 Å². The predicted molar refractivity (Wildman–Crippen MR) is 406 cm³/mol. The Kier molecular flexibility index (Phi) is 28.3. The summed E-state index contributed by atoms with van der Waals surface area (Å²) in [5, 5.41) is 16.9. The molecule has 12 aromatic rings. The van der Waals surface area contributed by atoms with Gasteiger partial charge in [0, 0.05) is 0 Å². The van der Waals surface area contributed by atoms with Crippen LogP contribution in [0.15, 0.2) is 218 Å². The molecule has 0 aliphatic heterocycles. The van der Waals surface area contributed by atoms with Crippen LogP contribution in [0.25, 0.3) is 87.6 Å². The summed E-state index contributed by atoms with van der Waals surface area (Å²) in [5.41, 5.74) is 16.4. The van der Waals surface area contributed by atoms with Crippen molar-refractivity contribution in [2.24, 2.45) is 0 Å². The Balaban J connectivity index is 0.000000208. The molecular formula is C80H96Cl2Si6Zr2-2. The van der Waals surface area contributed by atoms with Crippen LogP contribution in [0.1, 0.15) is 22.3 Å². The fourth-order valence-corrected chi connectivity index (χ4v) is 15.8. The van der Waals surface area contributed by atoms with Crippen LogP contribution < -0.4 is 45.6 Å².